The Kier molecular flexibility index (Phi) is 3.92. The van der Waals surface area contributed by atoms with Crippen molar-refractivity contribution in [1.29, 1.82) is 0 Å². The van der Waals surface area contributed by atoms with Gasteiger partial charge in [-0.05, 0) is 90.7 Å². The lowest BCUT2D eigenvalue weighted by Crippen LogP contribution is -2.43. The van der Waals surface area contributed by atoms with Crippen LogP contribution in [-0.2, 0) is 6.42 Å². The third-order valence-corrected chi connectivity index (χ3v) is 7.98. The fraction of sp³-hybridized carbons (Fsp3) is 0.700. The highest BCUT2D eigenvalue weighted by molar-refractivity contribution is 7.99. The van der Waals surface area contributed by atoms with E-state index in [0.29, 0.717) is 17.6 Å². The molecule has 0 heterocycles. The minimum atomic E-state index is -0.0964. The molecule has 3 heteroatoms. The second kappa shape index (κ2) is 5.70. The summed E-state index contributed by atoms with van der Waals surface area (Å²) in [6, 6.07) is 4.31. The molecule has 0 unspecified atom stereocenters. The molecular formula is C20H28O2S. The smallest absolute Gasteiger partial charge is 0.129 e. The number of aliphatic hydroxyl groups excluding tert-OH is 1. The summed E-state index contributed by atoms with van der Waals surface area (Å²) in [5.41, 5.74) is 3.01. The van der Waals surface area contributed by atoms with E-state index in [4.69, 9.17) is 0 Å². The third kappa shape index (κ3) is 2.34. The van der Waals surface area contributed by atoms with Crippen LogP contribution in [0.3, 0.4) is 0 Å². The number of phenolic OH excluding ortho intramolecular Hbond substituents is 1. The normalized spacial score (nSPS) is 38.7. The molecule has 2 N–H and O–H groups in total. The number of aliphatic hydroxyl groups is 1. The predicted molar refractivity (Wildman–Crippen MR) is 95.1 cm³/mol. The number of fused-ring (bicyclic) bond motifs is 5. The first-order chi connectivity index (χ1) is 11.0. The Labute approximate surface area is 143 Å². The Balaban J connectivity index is 1.70. The molecule has 0 saturated heterocycles. The molecule has 126 valence electrons. The molecular weight excluding hydrogens is 304 g/mol. The van der Waals surface area contributed by atoms with Gasteiger partial charge in [0.15, 0.2) is 0 Å². The van der Waals surface area contributed by atoms with E-state index >= 15 is 0 Å². The van der Waals surface area contributed by atoms with Gasteiger partial charge in [-0.3, -0.25) is 0 Å². The summed E-state index contributed by atoms with van der Waals surface area (Å²) in [6.07, 6.45) is 6.75. The van der Waals surface area contributed by atoms with Crippen molar-refractivity contribution < 1.29 is 10.2 Å². The highest BCUT2D eigenvalue weighted by atomic mass is 32.2. The zero-order valence-electron chi connectivity index (χ0n) is 14.2. The van der Waals surface area contributed by atoms with E-state index in [2.05, 4.69) is 19.9 Å². The van der Waals surface area contributed by atoms with Crippen LogP contribution in [0, 0.1) is 17.3 Å². The molecule has 0 spiro atoms. The van der Waals surface area contributed by atoms with Crippen molar-refractivity contribution in [2.24, 2.45) is 17.3 Å². The minimum absolute atomic E-state index is 0.0964. The van der Waals surface area contributed by atoms with Crippen molar-refractivity contribution >= 4 is 11.8 Å². The van der Waals surface area contributed by atoms with Crippen molar-refractivity contribution in [2.75, 3.05) is 5.75 Å². The van der Waals surface area contributed by atoms with Crippen LogP contribution < -0.4 is 0 Å². The monoisotopic (exact) mass is 332 g/mol. The first-order valence-corrected chi connectivity index (χ1v) is 10.2. The van der Waals surface area contributed by atoms with E-state index in [1.807, 2.05) is 6.07 Å². The molecule has 2 nitrogen and oxygen atoms in total. The van der Waals surface area contributed by atoms with E-state index in [0.717, 1.165) is 35.8 Å². The van der Waals surface area contributed by atoms with E-state index < -0.39 is 0 Å². The average Bonchev–Trinajstić information content (AvgIpc) is 2.84. The maximum atomic E-state index is 10.5. The van der Waals surface area contributed by atoms with Crippen molar-refractivity contribution in [3.63, 3.8) is 0 Å². The molecule has 3 aliphatic rings. The summed E-state index contributed by atoms with van der Waals surface area (Å²) < 4.78 is 0. The maximum Gasteiger partial charge on any atom is 0.129 e. The summed E-state index contributed by atoms with van der Waals surface area (Å²) in [5, 5.41) is 20.7. The molecule has 0 aliphatic heterocycles. The molecule has 3 aliphatic carbocycles. The van der Waals surface area contributed by atoms with E-state index in [9.17, 15) is 10.2 Å². The molecule has 5 atom stereocenters. The number of aryl methyl sites for hydroxylation is 1. The van der Waals surface area contributed by atoms with Crippen molar-refractivity contribution in [1.82, 2.24) is 0 Å². The number of phenols is 1. The summed E-state index contributed by atoms with van der Waals surface area (Å²) in [7, 11) is 0. The fourth-order valence-corrected chi connectivity index (χ4v) is 6.56. The van der Waals surface area contributed by atoms with Crippen molar-refractivity contribution in [2.45, 2.75) is 69.3 Å². The van der Waals surface area contributed by atoms with Crippen molar-refractivity contribution in [3.8, 4) is 5.75 Å². The largest absolute Gasteiger partial charge is 0.507 e. The average molecular weight is 333 g/mol. The molecule has 0 amide bonds. The van der Waals surface area contributed by atoms with Gasteiger partial charge in [0.2, 0.25) is 0 Å². The second-order valence-corrected chi connectivity index (χ2v) is 9.31. The van der Waals surface area contributed by atoms with E-state index in [1.54, 1.807) is 11.8 Å². The van der Waals surface area contributed by atoms with Crippen LogP contribution in [0.4, 0.5) is 0 Å². The molecule has 2 fully saturated rings. The van der Waals surface area contributed by atoms with Gasteiger partial charge in [-0.2, -0.15) is 0 Å². The number of rotatable bonds is 2. The lowest BCUT2D eigenvalue weighted by molar-refractivity contribution is -0.0226. The Hall–Kier alpha value is -0.670. The van der Waals surface area contributed by atoms with Crippen LogP contribution in [0.5, 0.6) is 5.75 Å². The Bertz CT molecular complexity index is 614. The number of aromatic hydroxyl groups is 1. The van der Waals surface area contributed by atoms with Gasteiger partial charge >= 0.3 is 0 Å². The van der Waals surface area contributed by atoms with E-state index in [-0.39, 0.29) is 11.5 Å². The summed E-state index contributed by atoms with van der Waals surface area (Å²) in [5.74, 6) is 3.50. The molecule has 0 aromatic heterocycles. The third-order valence-electron chi connectivity index (χ3n) is 7.05. The molecule has 2 saturated carbocycles. The zero-order chi connectivity index (χ0) is 16.2. The summed E-state index contributed by atoms with van der Waals surface area (Å²) in [6.45, 7) is 4.47. The predicted octanol–water partition coefficient (Wildman–Crippen LogP) is 4.72. The van der Waals surface area contributed by atoms with Gasteiger partial charge in [-0.25, -0.2) is 0 Å². The molecule has 1 aromatic carbocycles. The first kappa shape index (κ1) is 15.8. The lowest BCUT2D eigenvalue weighted by Gasteiger charge is -2.50. The summed E-state index contributed by atoms with van der Waals surface area (Å²) >= 11 is 1.74. The Morgan fingerprint density at radius 3 is 2.83 bits per heavy atom. The van der Waals surface area contributed by atoms with Crippen LogP contribution in [-0.4, -0.2) is 22.1 Å². The second-order valence-electron chi connectivity index (χ2n) is 8.00. The van der Waals surface area contributed by atoms with Crippen LogP contribution in [0.1, 0.15) is 63.0 Å². The quantitative estimate of drug-likeness (QED) is 0.770. The van der Waals surface area contributed by atoms with Crippen molar-refractivity contribution in [3.05, 3.63) is 23.3 Å². The molecule has 23 heavy (non-hydrogen) atoms. The highest BCUT2D eigenvalue weighted by Crippen LogP contribution is 2.61. The molecule has 0 bridgehead atoms. The van der Waals surface area contributed by atoms with Gasteiger partial charge in [0.1, 0.15) is 5.75 Å². The SMILES string of the molecule is CCSc1cc2c(cc1O)CC[C@@H]1[C@@H]2CC[C@]2(C)[C@@H](O)CC[C@@H]12. The van der Waals surface area contributed by atoms with Crippen LogP contribution in [0.15, 0.2) is 17.0 Å². The van der Waals surface area contributed by atoms with Crippen LogP contribution >= 0.6 is 11.8 Å². The Morgan fingerprint density at radius 2 is 2.04 bits per heavy atom. The lowest BCUT2D eigenvalue weighted by atomic mass is 9.55. The molecule has 0 radical (unpaired) electrons. The number of hydrogen-bond acceptors (Lipinski definition) is 3. The van der Waals surface area contributed by atoms with Gasteiger partial charge in [0.05, 0.1) is 6.10 Å². The highest BCUT2D eigenvalue weighted by Gasteiger charge is 2.54. The zero-order valence-corrected chi connectivity index (χ0v) is 15.0. The number of thioether (sulfide) groups is 1. The van der Waals surface area contributed by atoms with Gasteiger partial charge in [0.25, 0.3) is 0 Å². The summed E-state index contributed by atoms with van der Waals surface area (Å²) in [4.78, 5) is 1.05. The van der Waals surface area contributed by atoms with Gasteiger partial charge in [0, 0.05) is 4.90 Å². The van der Waals surface area contributed by atoms with E-state index in [1.165, 1.54) is 30.4 Å². The number of hydrogen-bond donors (Lipinski definition) is 2. The minimum Gasteiger partial charge on any atom is -0.507 e. The molecule has 1 aromatic rings. The fourth-order valence-electron chi connectivity index (χ4n) is 5.83. The van der Waals surface area contributed by atoms with Crippen LogP contribution in [0.25, 0.3) is 0 Å². The van der Waals surface area contributed by atoms with Gasteiger partial charge in [-0.15, -0.1) is 11.8 Å². The van der Waals surface area contributed by atoms with Gasteiger partial charge in [-0.1, -0.05) is 13.8 Å². The topological polar surface area (TPSA) is 40.5 Å². The number of benzene rings is 1. The maximum absolute atomic E-state index is 10.5. The Morgan fingerprint density at radius 1 is 1.22 bits per heavy atom. The standard InChI is InChI=1S/C20H28O2S/c1-3-23-18-11-15-12(10-17(18)21)4-5-14-13(15)8-9-20(2)16(14)6-7-19(20)22/h10-11,13-14,16,19,21-22H,3-9H2,1-2H3/t13-,14+,16-,19-,20-/m0/s1. The first-order valence-electron chi connectivity index (χ1n) is 9.21. The van der Waals surface area contributed by atoms with Gasteiger partial charge < -0.3 is 10.2 Å². The van der Waals surface area contributed by atoms with Crippen LogP contribution in [0.2, 0.25) is 0 Å². The molecule has 4 rings (SSSR count).